The van der Waals surface area contributed by atoms with Crippen LogP contribution >= 0.6 is 0 Å². The maximum atomic E-state index is 2.73. The minimum absolute atomic E-state index is 0.552. The molecule has 2 aromatic rings. The number of piperidine rings is 1. The van der Waals surface area contributed by atoms with Crippen LogP contribution in [0, 0.1) is 0 Å². The van der Waals surface area contributed by atoms with Gasteiger partial charge in [-0.3, -0.25) is 0 Å². The normalized spacial score (nSPS) is 18.2. The van der Waals surface area contributed by atoms with Crippen molar-refractivity contribution in [2.24, 2.45) is 0 Å². The second-order valence-electron chi connectivity index (χ2n) is 11.0. The zero-order valence-electron chi connectivity index (χ0n) is 18.7. The quantitative estimate of drug-likeness (QED) is 0.615. The molecule has 0 atom stereocenters. The van der Waals surface area contributed by atoms with Crippen molar-refractivity contribution in [3.8, 4) is 11.1 Å². The molecule has 3 heteroatoms. The van der Waals surface area contributed by atoms with E-state index in [1.54, 1.807) is 21.5 Å². The highest BCUT2D eigenvalue weighted by molar-refractivity contribution is 6.89. The monoisotopic (exact) mass is 407 g/mol. The minimum atomic E-state index is -1.31. The summed E-state index contributed by atoms with van der Waals surface area (Å²) < 4.78 is 0. The van der Waals surface area contributed by atoms with Gasteiger partial charge in [-0.05, 0) is 48.2 Å². The largest absolute Gasteiger partial charge is 0.302 e. The van der Waals surface area contributed by atoms with E-state index in [-0.39, 0.29) is 0 Å². The third kappa shape index (κ3) is 3.81. The zero-order valence-corrected chi connectivity index (χ0v) is 20.7. The fourth-order valence-electron chi connectivity index (χ4n) is 4.89. The van der Waals surface area contributed by atoms with Crippen molar-refractivity contribution < 1.29 is 0 Å². The average molecular weight is 408 g/mol. The van der Waals surface area contributed by atoms with Crippen LogP contribution in [0.2, 0.25) is 39.3 Å². The first-order valence-corrected chi connectivity index (χ1v) is 18.2. The fourth-order valence-corrected chi connectivity index (χ4v) is 7.23. The molecule has 0 aromatic heterocycles. The Bertz CT molecular complexity index is 804. The summed E-state index contributed by atoms with van der Waals surface area (Å²) in [7, 11) is -2.62. The molecule has 1 nitrogen and oxygen atoms in total. The molecule has 0 N–H and O–H groups in total. The van der Waals surface area contributed by atoms with E-state index < -0.39 is 16.1 Å². The number of hydrogen-bond donors (Lipinski definition) is 0. The van der Waals surface area contributed by atoms with Gasteiger partial charge < -0.3 is 4.90 Å². The first-order chi connectivity index (χ1) is 13.1. The van der Waals surface area contributed by atoms with E-state index in [2.05, 4.69) is 80.6 Å². The predicted octanol–water partition coefficient (Wildman–Crippen LogP) is 5.38. The Morgan fingerprint density at radius 1 is 0.714 bits per heavy atom. The van der Waals surface area contributed by atoms with Gasteiger partial charge in [-0.15, -0.1) is 0 Å². The molecule has 0 amide bonds. The number of fused-ring (bicyclic) bond motifs is 3. The SMILES string of the molecule is C[Si](C)(C)c1ccc2c(c1)C(CN1CCCCC1)c1cc([Si](C)(C)C)ccc1-2. The van der Waals surface area contributed by atoms with Crippen molar-refractivity contribution in [3.63, 3.8) is 0 Å². The van der Waals surface area contributed by atoms with Crippen LogP contribution in [0.1, 0.15) is 36.3 Å². The number of likely N-dealkylation sites (tertiary alicyclic amines) is 1. The lowest BCUT2D eigenvalue weighted by atomic mass is 9.95. The van der Waals surface area contributed by atoms with E-state index in [0.29, 0.717) is 5.92 Å². The number of hydrogen-bond acceptors (Lipinski definition) is 1. The summed E-state index contributed by atoms with van der Waals surface area (Å²) in [6, 6.07) is 14.9. The van der Waals surface area contributed by atoms with Crippen LogP contribution in [0.4, 0.5) is 0 Å². The summed E-state index contributed by atoms with van der Waals surface area (Å²) >= 11 is 0. The molecule has 1 heterocycles. The minimum Gasteiger partial charge on any atom is -0.302 e. The number of nitrogens with zero attached hydrogens (tertiary/aromatic N) is 1. The number of benzene rings is 2. The molecule has 0 unspecified atom stereocenters. The van der Waals surface area contributed by atoms with E-state index in [9.17, 15) is 0 Å². The molecular weight excluding hydrogens is 370 g/mol. The van der Waals surface area contributed by atoms with Crippen LogP contribution in [0.5, 0.6) is 0 Å². The third-order valence-electron chi connectivity index (χ3n) is 6.77. The summed E-state index contributed by atoms with van der Waals surface area (Å²) in [5.74, 6) is 0.552. The maximum absolute atomic E-state index is 2.73. The van der Waals surface area contributed by atoms with Crippen LogP contribution in [-0.2, 0) is 0 Å². The van der Waals surface area contributed by atoms with Crippen LogP contribution in [-0.4, -0.2) is 40.7 Å². The molecule has 0 radical (unpaired) electrons. The molecule has 0 spiro atoms. The lowest BCUT2D eigenvalue weighted by Crippen LogP contribution is -2.39. The van der Waals surface area contributed by atoms with Gasteiger partial charge in [0, 0.05) is 12.5 Å². The van der Waals surface area contributed by atoms with Crippen LogP contribution in [0.15, 0.2) is 36.4 Å². The smallest absolute Gasteiger partial charge is 0.0776 e. The highest BCUT2D eigenvalue weighted by Crippen LogP contribution is 2.45. The van der Waals surface area contributed by atoms with Gasteiger partial charge in [0.2, 0.25) is 0 Å². The summed E-state index contributed by atoms with van der Waals surface area (Å²) in [6.07, 6.45) is 4.15. The summed E-state index contributed by atoms with van der Waals surface area (Å²) in [5, 5.41) is 3.21. The molecule has 2 aromatic carbocycles. The first kappa shape index (κ1) is 20.1. The van der Waals surface area contributed by atoms with Crippen LogP contribution < -0.4 is 10.4 Å². The topological polar surface area (TPSA) is 3.24 Å². The zero-order chi connectivity index (χ0) is 20.1. The van der Waals surface area contributed by atoms with Crippen LogP contribution in [0.3, 0.4) is 0 Å². The molecule has 4 rings (SSSR count). The van der Waals surface area contributed by atoms with Crippen molar-refractivity contribution in [3.05, 3.63) is 47.5 Å². The molecule has 0 saturated carbocycles. The molecule has 1 saturated heterocycles. The van der Waals surface area contributed by atoms with E-state index >= 15 is 0 Å². The van der Waals surface area contributed by atoms with Gasteiger partial charge in [-0.1, -0.05) is 92.5 Å². The van der Waals surface area contributed by atoms with Gasteiger partial charge in [-0.25, -0.2) is 0 Å². The van der Waals surface area contributed by atoms with Crippen molar-refractivity contribution in [2.75, 3.05) is 19.6 Å². The predicted molar refractivity (Wildman–Crippen MR) is 130 cm³/mol. The van der Waals surface area contributed by atoms with Crippen LogP contribution in [0.25, 0.3) is 11.1 Å². The van der Waals surface area contributed by atoms with Gasteiger partial charge in [0.25, 0.3) is 0 Å². The Morgan fingerprint density at radius 2 is 1.18 bits per heavy atom. The van der Waals surface area contributed by atoms with Gasteiger partial charge in [0.15, 0.2) is 0 Å². The second kappa shape index (κ2) is 7.26. The first-order valence-electron chi connectivity index (χ1n) is 11.2. The maximum Gasteiger partial charge on any atom is 0.0776 e. The third-order valence-corrected chi connectivity index (χ3v) is 10.9. The highest BCUT2D eigenvalue weighted by atomic mass is 28.3. The Labute approximate surface area is 174 Å². The molecule has 1 aliphatic carbocycles. The fraction of sp³-hybridized carbons (Fsp3) is 0.520. The Hall–Kier alpha value is -1.17. The Kier molecular flexibility index (Phi) is 5.22. The van der Waals surface area contributed by atoms with E-state index in [4.69, 9.17) is 0 Å². The lowest BCUT2D eigenvalue weighted by molar-refractivity contribution is 0.223. The number of rotatable bonds is 4. The van der Waals surface area contributed by atoms with Crippen molar-refractivity contribution >= 4 is 26.5 Å². The molecule has 150 valence electrons. The highest BCUT2D eigenvalue weighted by Gasteiger charge is 2.33. The van der Waals surface area contributed by atoms with E-state index in [1.807, 2.05) is 0 Å². The molecule has 0 bridgehead atoms. The van der Waals surface area contributed by atoms with Gasteiger partial charge in [-0.2, -0.15) is 0 Å². The van der Waals surface area contributed by atoms with E-state index in [0.717, 1.165) is 0 Å². The summed E-state index contributed by atoms with van der Waals surface area (Å²) in [6.45, 7) is 18.6. The lowest BCUT2D eigenvalue weighted by Gasteiger charge is -2.30. The summed E-state index contributed by atoms with van der Waals surface area (Å²) in [5.41, 5.74) is 6.21. The molecule has 28 heavy (non-hydrogen) atoms. The average Bonchev–Trinajstić information content (AvgIpc) is 2.94. The second-order valence-corrected chi connectivity index (χ2v) is 21.2. The Morgan fingerprint density at radius 3 is 1.61 bits per heavy atom. The van der Waals surface area contributed by atoms with Crippen molar-refractivity contribution in [2.45, 2.75) is 64.5 Å². The molecule has 2 aliphatic rings. The standard InChI is InChI=1S/C25H37NSi2/c1-27(2,3)19-10-12-21-22-13-11-20(28(4,5)6)17-24(22)25(23(21)16-19)18-26-14-8-7-9-15-26/h10-13,16-17,25H,7-9,14-15,18H2,1-6H3. The van der Waals surface area contributed by atoms with E-state index in [1.165, 1.54) is 50.0 Å². The molecule has 1 fully saturated rings. The Balaban J connectivity index is 1.80. The van der Waals surface area contributed by atoms with Gasteiger partial charge >= 0.3 is 0 Å². The van der Waals surface area contributed by atoms with Crippen molar-refractivity contribution in [1.29, 1.82) is 0 Å². The molecule has 1 aliphatic heterocycles. The summed E-state index contributed by atoms with van der Waals surface area (Å²) in [4.78, 5) is 2.73. The van der Waals surface area contributed by atoms with Crippen molar-refractivity contribution in [1.82, 2.24) is 4.90 Å². The molecular formula is C25H37NSi2. The van der Waals surface area contributed by atoms with Gasteiger partial charge in [0.1, 0.15) is 0 Å². The van der Waals surface area contributed by atoms with Gasteiger partial charge in [0.05, 0.1) is 16.1 Å².